The van der Waals surface area contributed by atoms with Gasteiger partial charge in [-0.25, -0.2) is 14.2 Å². The lowest BCUT2D eigenvalue weighted by molar-refractivity contribution is -0.200. The van der Waals surface area contributed by atoms with Crippen LogP contribution in [-0.4, -0.2) is 77.3 Å². The van der Waals surface area contributed by atoms with Crippen molar-refractivity contribution < 1.29 is 31.9 Å². The van der Waals surface area contributed by atoms with Crippen molar-refractivity contribution in [2.75, 3.05) is 37.6 Å². The topological polar surface area (TPSA) is 66.0 Å². The van der Waals surface area contributed by atoms with Gasteiger partial charge in [-0.1, -0.05) is 0 Å². The number of carbonyl (C=O) groups is 2. The van der Waals surface area contributed by atoms with Gasteiger partial charge in [-0.05, 0) is 25.0 Å². The zero-order valence-electron chi connectivity index (χ0n) is 15.3. The van der Waals surface area contributed by atoms with E-state index in [0.717, 1.165) is 6.20 Å². The highest BCUT2D eigenvalue weighted by Crippen LogP contribution is 2.59. The van der Waals surface area contributed by atoms with Crippen LogP contribution >= 0.6 is 0 Å². The largest absolute Gasteiger partial charge is 0.437 e. The first-order chi connectivity index (χ1) is 13.7. The SMILES string of the molecule is O=C1OC2(CN(c3ccc(F)cn3)C2)C2CN(C(=O)C3(C(F)(F)F)CC3)CCN12. The summed E-state index contributed by atoms with van der Waals surface area (Å²) in [4.78, 5) is 33.4. The standard InChI is InChI=1S/C18H18F4N4O3/c19-11-1-2-13(23-7-11)25-9-17(10-25)12-8-24(5-6-26(12)15(28)29-17)14(27)16(3-4-16)18(20,21)22/h1-2,7,12H,3-6,8-10H2. The quantitative estimate of drug-likeness (QED) is 0.691. The summed E-state index contributed by atoms with van der Waals surface area (Å²) in [5.74, 6) is -0.859. The molecular formula is C18H18F4N4O3. The van der Waals surface area contributed by atoms with Crippen LogP contribution in [0.3, 0.4) is 0 Å². The molecule has 29 heavy (non-hydrogen) atoms. The molecule has 1 aliphatic carbocycles. The molecule has 4 fully saturated rings. The number of hydrogen-bond acceptors (Lipinski definition) is 5. The van der Waals surface area contributed by atoms with Gasteiger partial charge in [-0.3, -0.25) is 9.69 Å². The average molecular weight is 414 g/mol. The molecule has 5 rings (SSSR count). The fraction of sp³-hybridized carbons (Fsp3) is 0.611. The molecule has 156 valence electrons. The number of ether oxygens (including phenoxy) is 1. The molecule has 3 saturated heterocycles. The number of nitrogens with zero attached hydrogens (tertiary/aromatic N) is 4. The minimum Gasteiger partial charge on any atom is -0.437 e. The van der Waals surface area contributed by atoms with E-state index >= 15 is 0 Å². The van der Waals surface area contributed by atoms with Gasteiger partial charge in [0.25, 0.3) is 0 Å². The van der Waals surface area contributed by atoms with Gasteiger partial charge in [0.15, 0.2) is 5.60 Å². The normalized spacial score (nSPS) is 26.8. The summed E-state index contributed by atoms with van der Waals surface area (Å²) >= 11 is 0. The summed E-state index contributed by atoms with van der Waals surface area (Å²) in [6, 6.07) is 2.26. The second-order valence-electron chi connectivity index (χ2n) is 8.16. The maximum Gasteiger partial charge on any atom is 0.411 e. The summed E-state index contributed by atoms with van der Waals surface area (Å²) in [5.41, 5.74) is -3.18. The van der Waals surface area contributed by atoms with E-state index in [9.17, 15) is 27.2 Å². The van der Waals surface area contributed by atoms with Gasteiger partial charge in [0.05, 0.1) is 25.3 Å². The first-order valence-corrected chi connectivity index (χ1v) is 9.37. The minimum absolute atomic E-state index is 0.00703. The van der Waals surface area contributed by atoms with E-state index in [1.165, 1.54) is 21.9 Å². The van der Waals surface area contributed by atoms with Gasteiger partial charge in [-0.15, -0.1) is 0 Å². The molecule has 4 aliphatic rings. The Kier molecular flexibility index (Phi) is 3.64. The molecule has 0 N–H and O–H groups in total. The fourth-order valence-electron chi connectivity index (χ4n) is 4.58. The van der Waals surface area contributed by atoms with Crippen molar-refractivity contribution in [1.29, 1.82) is 0 Å². The predicted octanol–water partition coefficient (Wildman–Crippen LogP) is 1.78. The number of anilines is 1. The Morgan fingerprint density at radius 3 is 2.52 bits per heavy atom. The molecule has 0 aromatic carbocycles. The van der Waals surface area contributed by atoms with Crippen molar-refractivity contribution in [3.63, 3.8) is 0 Å². The third kappa shape index (κ3) is 2.58. The van der Waals surface area contributed by atoms with Crippen LogP contribution in [0.15, 0.2) is 18.3 Å². The lowest BCUT2D eigenvalue weighted by Gasteiger charge is -2.51. The van der Waals surface area contributed by atoms with Crippen molar-refractivity contribution in [3.05, 3.63) is 24.1 Å². The molecule has 1 atom stereocenters. The summed E-state index contributed by atoms with van der Waals surface area (Å²) in [6.07, 6.45) is -4.38. The Morgan fingerprint density at radius 2 is 1.93 bits per heavy atom. The fourth-order valence-corrected chi connectivity index (χ4v) is 4.58. The van der Waals surface area contributed by atoms with E-state index in [-0.39, 0.29) is 45.6 Å². The molecule has 1 unspecified atom stereocenters. The monoisotopic (exact) mass is 414 g/mol. The van der Waals surface area contributed by atoms with Gasteiger partial charge in [0.2, 0.25) is 5.91 Å². The van der Waals surface area contributed by atoms with E-state index in [2.05, 4.69) is 4.98 Å². The number of rotatable bonds is 2. The lowest BCUT2D eigenvalue weighted by Crippen LogP contribution is -2.72. The first-order valence-electron chi connectivity index (χ1n) is 9.37. The summed E-state index contributed by atoms with van der Waals surface area (Å²) in [5, 5.41) is 0. The van der Waals surface area contributed by atoms with Crippen LogP contribution in [0.25, 0.3) is 0 Å². The smallest absolute Gasteiger partial charge is 0.411 e. The van der Waals surface area contributed by atoms with Crippen LogP contribution in [0.1, 0.15) is 12.8 Å². The Balaban J connectivity index is 1.33. The van der Waals surface area contributed by atoms with Crippen LogP contribution < -0.4 is 4.90 Å². The molecule has 1 saturated carbocycles. The van der Waals surface area contributed by atoms with Crippen molar-refractivity contribution in [1.82, 2.24) is 14.8 Å². The Labute approximate surface area is 163 Å². The zero-order valence-corrected chi connectivity index (χ0v) is 15.3. The molecule has 11 heteroatoms. The minimum atomic E-state index is -4.57. The number of carbonyl (C=O) groups excluding carboxylic acids is 2. The van der Waals surface area contributed by atoms with E-state index in [1.807, 2.05) is 0 Å². The van der Waals surface area contributed by atoms with E-state index in [0.29, 0.717) is 5.82 Å². The second kappa shape index (κ2) is 5.73. The van der Waals surface area contributed by atoms with Crippen LogP contribution in [0.5, 0.6) is 0 Å². The van der Waals surface area contributed by atoms with Gasteiger partial charge in [0.1, 0.15) is 17.1 Å². The molecule has 1 aromatic rings. The number of hydrogen-bond donors (Lipinski definition) is 0. The van der Waals surface area contributed by atoms with Crippen molar-refractivity contribution >= 4 is 17.8 Å². The molecule has 3 aliphatic heterocycles. The van der Waals surface area contributed by atoms with Gasteiger partial charge in [-0.2, -0.15) is 13.2 Å². The number of halogens is 4. The molecule has 1 aromatic heterocycles. The molecule has 2 amide bonds. The third-order valence-corrected chi connectivity index (χ3v) is 6.45. The van der Waals surface area contributed by atoms with Gasteiger partial charge < -0.3 is 14.5 Å². The van der Waals surface area contributed by atoms with Crippen LogP contribution in [0, 0.1) is 11.2 Å². The van der Waals surface area contributed by atoms with E-state index < -0.39 is 41.1 Å². The summed E-state index contributed by atoms with van der Waals surface area (Å²) < 4.78 is 58.7. The Hall–Kier alpha value is -2.59. The highest BCUT2D eigenvalue weighted by atomic mass is 19.4. The molecular weight excluding hydrogens is 396 g/mol. The van der Waals surface area contributed by atoms with Crippen LogP contribution in [0.2, 0.25) is 0 Å². The first kappa shape index (κ1) is 18.4. The highest BCUT2D eigenvalue weighted by Gasteiger charge is 2.70. The number of fused-ring (bicyclic) bond motifs is 2. The molecule has 1 spiro atoms. The average Bonchev–Trinajstić information content (AvgIpc) is 3.41. The van der Waals surface area contributed by atoms with Crippen molar-refractivity contribution in [2.24, 2.45) is 5.41 Å². The van der Waals surface area contributed by atoms with Crippen molar-refractivity contribution in [3.8, 4) is 0 Å². The number of piperazine rings is 1. The molecule has 7 nitrogen and oxygen atoms in total. The third-order valence-electron chi connectivity index (χ3n) is 6.45. The summed E-state index contributed by atoms with van der Waals surface area (Å²) in [6.45, 7) is 0.768. The predicted molar refractivity (Wildman–Crippen MR) is 90.4 cm³/mol. The summed E-state index contributed by atoms with van der Waals surface area (Å²) in [7, 11) is 0. The number of alkyl halides is 3. The Morgan fingerprint density at radius 1 is 1.21 bits per heavy atom. The molecule has 0 bridgehead atoms. The number of aromatic nitrogens is 1. The zero-order chi connectivity index (χ0) is 20.6. The maximum absolute atomic E-state index is 13.4. The second-order valence-corrected chi connectivity index (χ2v) is 8.16. The van der Waals surface area contributed by atoms with Crippen molar-refractivity contribution in [2.45, 2.75) is 30.7 Å². The van der Waals surface area contributed by atoms with Crippen LogP contribution in [0.4, 0.5) is 28.2 Å². The Bertz CT molecular complexity index is 865. The number of pyridine rings is 1. The van der Waals surface area contributed by atoms with E-state index in [4.69, 9.17) is 4.74 Å². The van der Waals surface area contributed by atoms with E-state index in [1.54, 1.807) is 4.90 Å². The van der Waals surface area contributed by atoms with Crippen LogP contribution in [-0.2, 0) is 9.53 Å². The maximum atomic E-state index is 13.4. The van der Waals surface area contributed by atoms with Gasteiger partial charge >= 0.3 is 12.3 Å². The number of amides is 2. The molecule has 4 heterocycles. The van der Waals surface area contributed by atoms with Gasteiger partial charge in [0, 0.05) is 19.6 Å². The highest BCUT2D eigenvalue weighted by molar-refractivity contribution is 5.87. The molecule has 0 radical (unpaired) electrons. The lowest BCUT2D eigenvalue weighted by atomic mass is 9.84.